The van der Waals surface area contributed by atoms with E-state index < -0.39 is 0 Å². The standard InChI is InChI=1S/C15H22INO/c1-13-5-4-11-17(13)10-2-3-12-18-15-8-6-14(16)7-9-15/h6-9,13H,2-5,10-12H2,1H3/t13-/m1/s1. The zero-order valence-electron chi connectivity index (χ0n) is 11.1. The monoisotopic (exact) mass is 359 g/mol. The Hall–Kier alpha value is -0.290. The highest BCUT2D eigenvalue weighted by molar-refractivity contribution is 14.1. The Balaban J connectivity index is 1.57. The van der Waals surface area contributed by atoms with Crippen molar-refractivity contribution in [3.05, 3.63) is 27.8 Å². The van der Waals surface area contributed by atoms with E-state index >= 15 is 0 Å². The van der Waals surface area contributed by atoms with Gasteiger partial charge in [-0.2, -0.15) is 0 Å². The lowest BCUT2D eigenvalue weighted by molar-refractivity contribution is 0.245. The second kappa shape index (κ2) is 7.34. The largest absolute Gasteiger partial charge is 0.494 e. The Bertz CT molecular complexity index is 352. The predicted molar refractivity (Wildman–Crippen MR) is 84.2 cm³/mol. The van der Waals surface area contributed by atoms with E-state index in [1.165, 1.54) is 35.9 Å². The molecule has 100 valence electrons. The second-order valence-electron chi connectivity index (χ2n) is 5.04. The lowest BCUT2D eigenvalue weighted by Gasteiger charge is -2.20. The van der Waals surface area contributed by atoms with Crippen molar-refractivity contribution in [1.29, 1.82) is 0 Å². The number of nitrogens with zero attached hydrogens (tertiary/aromatic N) is 1. The SMILES string of the molecule is C[C@@H]1CCCN1CCCCOc1ccc(I)cc1. The van der Waals surface area contributed by atoms with Gasteiger partial charge in [0, 0.05) is 9.61 Å². The first-order valence-electron chi connectivity index (χ1n) is 6.88. The molecule has 2 nitrogen and oxygen atoms in total. The summed E-state index contributed by atoms with van der Waals surface area (Å²) in [5.74, 6) is 0.991. The van der Waals surface area contributed by atoms with Crippen molar-refractivity contribution in [1.82, 2.24) is 4.90 Å². The molecule has 0 bridgehead atoms. The zero-order valence-corrected chi connectivity index (χ0v) is 13.2. The van der Waals surface area contributed by atoms with Gasteiger partial charge in [0.25, 0.3) is 0 Å². The summed E-state index contributed by atoms with van der Waals surface area (Å²) < 4.78 is 6.98. The number of hydrogen-bond donors (Lipinski definition) is 0. The van der Waals surface area contributed by atoms with Crippen LogP contribution in [0, 0.1) is 3.57 Å². The molecular weight excluding hydrogens is 337 g/mol. The fraction of sp³-hybridized carbons (Fsp3) is 0.600. The molecule has 1 aromatic carbocycles. The summed E-state index contributed by atoms with van der Waals surface area (Å²) in [6.07, 6.45) is 5.14. The summed E-state index contributed by atoms with van der Waals surface area (Å²) >= 11 is 2.31. The van der Waals surface area contributed by atoms with E-state index in [2.05, 4.69) is 46.5 Å². The van der Waals surface area contributed by atoms with E-state index in [1.807, 2.05) is 12.1 Å². The average Bonchev–Trinajstić information content (AvgIpc) is 2.77. The number of halogens is 1. The molecule has 3 heteroatoms. The molecule has 18 heavy (non-hydrogen) atoms. The summed E-state index contributed by atoms with van der Waals surface area (Å²) in [7, 11) is 0. The molecule has 0 spiro atoms. The summed E-state index contributed by atoms with van der Waals surface area (Å²) in [4.78, 5) is 2.60. The Morgan fingerprint density at radius 2 is 2.06 bits per heavy atom. The predicted octanol–water partition coefficient (Wildman–Crippen LogP) is 3.93. The molecule has 1 saturated heterocycles. The molecule has 0 aromatic heterocycles. The van der Waals surface area contributed by atoms with Gasteiger partial charge >= 0.3 is 0 Å². The van der Waals surface area contributed by atoms with Gasteiger partial charge in [-0.05, 0) is 92.6 Å². The topological polar surface area (TPSA) is 12.5 Å². The van der Waals surface area contributed by atoms with E-state index in [1.54, 1.807) is 0 Å². The van der Waals surface area contributed by atoms with Gasteiger partial charge in [-0.25, -0.2) is 0 Å². The van der Waals surface area contributed by atoms with Gasteiger partial charge < -0.3 is 9.64 Å². The third kappa shape index (κ3) is 4.43. The molecule has 0 saturated carbocycles. The molecule has 0 N–H and O–H groups in total. The van der Waals surface area contributed by atoms with Crippen LogP contribution in [0.4, 0.5) is 0 Å². The minimum Gasteiger partial charge on any atom is -0.494 e. The van der Waals surface area contributed by atoms with E-state index in [4.69, 9.17) is 4.74 Å². The van der Waals surface area contributed by atoms with Crippen molar-refractivity contribution in [2.75, 3.05) is 19.7 Å². The molecule has 0 amide bonds. The smallest absolute Gasteiger partial charge is 0.119 e. The highest BCUT2D eigenvalue weighted by atomic mass is 127. The zero-order chi connectivity index (χ0) is 12.8. The quantitative estimate of drug-likeness (QED) is 0.564. The second-order valence-corrected chi connectivity index (χ2v) is 6.28. The van der Waals surface area contributed by atoms with Gasteiger partial charge in [-0.15, -0.1) is 0 Å². The number of likely N-dealkylation sites (tertiary alicyclic amines) is 1. The van der Waals surface area contributed by atoms with Crippen molar-refractivity contribution in [2.45, 2.75) is 38.6 Å². The molecule has 1 aliphatic rings. The van der Waals surface area contributed by atoms with Crippen LogP contribution in [0.3, 0.4) is 0 Å². The molecule has 1 aromatic rings. The fourth-order valence-electron chi connectivity index (χ4n) is 2.46. The highest BCUT2D eigenvalue weighted by Crippen LogP contribution is 2.17. The molecule has 1 fully saturated rings. The van der Waals surface area contributed by atoms with Crippen LogP contribution in [0.1, 0.15) is 32.6 Å². The molecule has 2 rings (SSSR count). The van der Waals surface area contributed by atoms with E-state index in [-0.39, 0.29) is 0 Å². The molecule has 0 radical (unpaired) electrons. The minimum atomic E-state index is 0.794. The molecular formula is C15H22INO. The van der Waals surface area contributed by atoms with Gasteiger partial charge in [0.1, 0.15) is 5.75 Å². The van der Waals surface area contributed by atoms with E-state index in [0.29, 0.717) is 0 Å². The maximum Gasteiger partial charge on any atom is 0.119 e. The Labute approximate surface area is 124 Å². The molecule has 1 aliphatic heterocycles. The fourth-order valence-corrected chi connectivity index (χ4v) is 2.82. The van der Waals surface area contributed by atoms with Crippen molar-refractivity contribution >= 4 is 22.6 Å². The lowest BCUT2D eigenvalue weighted by Crippen LogP contribution is -2.28. The number of unbranched alkanes of at least 4 members (excludes halogenated alkanes) is 1. The van der Waals surface area contributed by atoms with Crippen molar-refractivity contribution in [3.8, 4) is 5.75 Å². The summed E-state index contributed by atoms with van der Waals surface area (Å²) in [6.45, 7) is 5.70. The van der Waals surface area contributed by atoms with Crippen LogP contribution in [-0.4, -0.2) is 30.6 Å². The van der Waals surface area contributed by atoms with Crippen LogP contribution < -0.4 is 4.74 Å². The first-order valence-corrected chi connectivity index (χ1v) is 7.96. The number of benzene rings is 1. The van der Waals surface area contributed by atoms with Crippen LogP contribution >= 0.6 is 22.6 Å². The Morgan fingerprint density at radius 3 is 2.72 bits per heavy atom. The van der Waals surface area contributed by atoms with Gasteiger partial charge in [0.05, 0.1) is 6.61 Å². The van der Waals surface area contributed by atoms with Crippen LogP contribution in [0.5, 0.6) is 5.75 Å². The van der Waals surface area contributed by atoms with E-state index in [0.717, 1.165) is 24.8 Å². The first-order chi connectivity index (χ1) is 8.75. The van der Waals surface area contributed by atoms with Gasteiger partial charge in [0.2, 0.25) is 0 Å². The van der Waals surface area contributed by atoms with Crippen molar-refractivity contribution < 1.29 is 4.74 Å². The van der Waals surface area contributed by atoms with Gasteiger partial charge in [-0.1, -0.05) is 0 Å². The number of hydrogen-bond acceptors (Lipinski definition) is 2. The highest BCUT2D eigenvalue weighted by Gasteiger charge is 2.18. The number of rotatable bonds is 6. The molecule has 0 aliphatic carbocycles. The van der Waals surface area contributed by atoms with Crippen LogP contribution in [0.15, 0.2) is 24.3 Å². The first kappa shape index (κ1) is 14.1. The Morgan fingerprint density at radius 1 is 1.28 bits per heavy atom. The third-order valence-electron chi connectivity index (χ3n) is 3.61. The van der Waals surface area contributed by atoms with Crippen LogP contribution in [0.25, 0.3) is 0 Å². The summed E-state index contributed by atoms with van der Waals surface area (Å²) in [6, 6.07) is 9.06. The van der Waals surface area contributed by atoms with Crippen molar-refractivity contribution in [3.63, 3.8) is 0 Å². The maximum atomic E-state index is 5.73. The summed E-state index contributed by atoms with van der Waals surface area (Å²) in [5.41, 5.74) is 0. The third-order valence-corrected chi connectivity index (χ3v) is 4.33. The number of ether oxygens (including phenoxy) is 1. The molecule has 1 heterocycles. The van der Waals surface area contributed by atoms with Gasteiger partial charge in [-0.3, -0.25) is 0 Å². The Kier molecular flexibility index (Phi) is 5.76. The molecule has 0 unspecified atom stereocenters. The minimum absolute atomic E-state index is 0.794. The van der Waals surface area contributed by atoms with Crippen molar-refractivity contribution in [2.24, 2.45) is 0 Å². The average molecular weight is 359 g/mol. The molecule has 1 atom stereocenters. The maximum absolute atomic E-state index is 5.73. The lowest BCUT2D eigenvalue weighted by atomic mass is 10.2. The van der Waals surface area contributed by atoms with Crippen LogP contribution in [-0.2, 0) is 0 Å². The van der Waals surface area contributed by atoms with E-state index in [9.17, 15) is 0 Å². The van der Waals surface area contributed by atoms with Gasteiger partial charge in [0.15, 0.2) is 0 Å². The summed E-state index contributed by atoms with van der Waals surface area (Å²) in [5, 5.41) is 0. The normalized spacial score (nSPS) is 20.2. The van der Waals surface area contributed by atoms with Crippen LogP contribution in [0.2, 0.25) is 0 Å².